The van der Waals surface area contributed by atoms with Crippen molar-refractivity contribution in [2.45, 2.75) is 62.8 Å². The van der Waals surface area contributed by atoms with Gasteiger partial charge in [0.2, 0.25) is 0 Å². The lowest BCUT2D eigenvalue weighted by molar-refractivity contribution is -0.144. The van der Waals surface area contributed by atoms with Gasteiger partial charge in [-0.05, 0) is 79.9 Å². The van der Waals surface area contributed by atoms with Crippen molar-refractivity contribution in [3.8, 4) is 0 Å². The average molecular weight is 545 g/mol. The maximum absolute atomic E-state index is 14.2. The topological polar surface area (TPSA) is 61.1 Å². The van der Waals surface area contributed by atoms with Gasteiger partial charge in [-0.3, -0.25) is 9.69 Å². The lowest BCUT2D eigenvalue weighted by Gasteiger charge is -2.35. The minimum absolute atomic E-state index is 0.138. The summed E-state index contributed by atoms with van der Waals surface area (Å²) < 4.78 is 16.5. The molecule has 3 fully saturated rings. The van der Waals surface area contributed by atoms with Crippen LogP contribution < -0.4 is 0 Å². The van der Waals surface area contributed by atoms with Crippen LogP contribution in [0.5, 0.6) is 0 Å². The highest BCUT2D eigenvalue weighted by atomic mass is 19.1. The number of hydrogen-bond acceptors (Lipinski definition) is 4. The molecule has 1 N–H and O–H groups in total. The zero-order valence-corrected chi connectivity index (χ0v) is 23.3. The summed E-state index contributed by atoms with van der Waals surface area (Å²) in [7, 11) is 0. The first-order valence-electron chi connectivity index (χ1n) is 15.0. The van der Waals surface area contributed by atoms with Crippen LogP contribution in [0.1, 0.15) is 67.2 Å². The molecule has 4 heterocycles. The lowest BCUT2D eigenvalue weighted by Crippen LogP contribution is -2.43. The maximum Gasteiger partial charge on any atom is 0.320 e. The molecule has 1 aliphatic carbocycles. The van der Waals surface area contributed by atoms with Gasteiger partial charge < -0.3 is 14.4 Å². The second-order valence-corrected chi connectivity index (χ2v) is 12.3. The van der Waals surface area contributed by atoms with Crippen LogP contribution in [0, 0.1) is 17.7 Å². The first kappa shape index (κ1) is 27.2. The van der Waals surface area contributed by atoms with Crippen molar-refractivity contribution in [1.29, 1.82) is 0 Å². The molecule has 212 valence electrons. The molecule has 2 unspecified atom stereocenters. The largest absolute Gasteiger partial charge is 0.480 e. The third kappa shape index (κ3) is 5.72. The van der Waals surface area contributed by atoms with Gasteiger partial charge in [-0.25, -0.2) is 9.37 Å². The molecule has 6 rings (SSSR count). The number of piperidine rings is 1. The number of aromatic nitrogens is 2. The molecule has 1 aromatic carbocycles. The molecule has 0 spiro atoms. The van der Waals surface area contributed by atoms with Gasteiger partial charge in [0.05, 0.1) is 0 Å². The molecule has 3 atom stereocenters. The van der Waals surface area contributed by atoms with E-state index in [9.17, 15) is 14.3 Å². The monoisotopic (exact) mass is 544 g/mol. The van der Waals surface area contributed by atoms with E-state index in [1.165, 1.54) is 23.7 Å². The Balaban J connectivity index is 1.15. The molecule has 6 nitrogen and oxygen atoms in total. The molecular formula is C33H41FN4O2. The number of allylic oxidation sites excluding steroid dienone is 1. The number of fused-ring (bicyclic) bond motifs is 1. The summed E-state index contributed by atoms with van der Waals surface area (Å²) in [6.07, 6.45) is 13.4. The van der Waals surface area contributed by atoms with Gasteiger partial charge in [-0.2, -0.15) is 0 Å². The molecule has 3 aromatic rings. The number of imidazole rings is 1. The predicted molar refractivity (Wildman–Crippen MR) is 155 cm³/mol. The number of hydrogen-bond donors (Lipinski definition) is 1. The Bertz CT molecular complexity index is 1340. The minimum Gasteiger partial charge on any atom is -0.480 e. The summed E-state index contributed by atoms with van der Waals surface area (Å²) in [4.78, 5) is 21.7. The van der Waals surface area contributed by atoms with E-state index in [1.807, 2.05) is 18.3 Å². The lowest BCUT2D eigenvalue weighted by atomic mass is 9.80. The van der Waals surface area contributed by atoms with Crippen molar-refractivity contribution >= 4 is 11.6 Å². The normalized spacial score (nSPS) is 23.8. The molecule has 0 radical (unpaired) electrons. The quantitative estimate of drug-likeness (QED) is 0.330. The highest BCUT2D eigenvalue weighted by Crippen LogP contribution is 2.39. The van der Waals surface area contributed by atoms with Gasteiger partial charge >= 0.3 is 5.97 Å². The summed E-state index contributed by atoms with van der Waals surface area (Å²) in [5.41, 5.74) is 4.51. The van der Waals surface area contributed by atoms with Gasteiger partial charge in [-0.15, -0.1) is 6.58 Å². The molecule has 2 aromatic heterocycles. The van der Waals surface area contributed by atoms with E-state index in [-0.39, 0.29) is 17.7 Å². The molecule has 40 heavy (non-hydrogen) atoms. The SMILES string of the molecule is C=CCc1ccc2ncc(C3CCN(C[C@H]4CN(C(CC5CCC5)C(=O)O)CC4c4cccc(F)c4)CC3)n2c1. The average Bonchev–Trinajstić information content (AvgIpc) is 3.53. The van der Waals surface area contributed by atoms with E-state index in [4.69, 9.17) is 0 Å². The van der Waals surface area contributed by atoms with Crippen molar-refractivity contribution in [1.82, 2.24) is 19.2 Å². The second kappa shape index (κ2) is 11.8. The van der Waals surface area contributed by atoms with E-state index >= 15 is 0 Å². The van der Waals surface area contributed by atoms with Gasteiger partial charge in [-0.1, -0.05) is 43.5 Å². The summed E-state index contributed by atoms with van der Waals surface area (Å²) in [6.45, 7) is 8.23. The molecule has 0 bridgehead atoms. The van der Waals surface area contributed by atoms with E-state index < -0.39 is 12.0 Å². The fourth-order valence-corrected chi connectivity index (χ4v) is 7.29. The highest BCUT2D eigenvalue weighted by molar-refractivity contribution is 5.73. The molecule has 2 aliphatic heterocycles. The van der Waals surface area contributed by atoms with Crippen molar-refractivity contribution in [2.75, 3.05) is 32.7 Å². The van der Waals surface area contributed by atoms with Gasteiger partial charge in [0.1, 0.15) is 17.5 Å². The summed E-state index contributed by atoms with van der Waals surface area (Å²) in [5, 5.41) is 10.1. The number of likely N-dealkylation sites (tertiary alicyclic amines) is 2. The third-order valence-electron chi connectivity index (χ3n) is 9.73. The summed E-state index contributed by atoms with van der Waals surface area (Å²) in [6, 6.07) is 10.7. The highest BCUT2D eigenvalue weighted by Gasteiger charge is 2.41. The molecule has 2 saturated heterocycles. The number of halogens is 1. The maximum atomic E-state index is 14.2. The number of carbonyl (C=O) groups is 1. The number of carboxylic acids is 1. The van der Waals surface area contributed by atoms with Gasteiger partial charge in [0.15, 0.2) is 0 Å². The van der Waals surface area contributed by atoms with Crippen molar-refractivity contribution < 1.29 is 14.3 Å². The standard InChI is InChI=1S/C33H41FN4O2/c1-2-5-24-10-11-32-35-18-31(38(32)19-24)25-12-14-36(15-13-25)20-27-21-37(30(33(39)40)16-23-6-3-7-23)22-29(27)26-8-4-9-28(34)17-26/h2,4,8-11,17-19,23,25,27,29-30H,1,3,5-7,12-16,20-22H2,(H,39,40)/t27-,29?,30?/m0/s1. The number of carboxylic acid groups (broad SMARTS) is 1. The van der Waals surface area contributed by atoms with E-state index in [0.717, 1.165) is 75.9 Å². The summed E-state index contributed by atoms with van der Waals surface area (Å²) >= 11 is 0. The van der Waals surface area contributed by atoms with Crippen LogP contribution in [-0.2, 0) is 11.2 Å². The number of benzene rings is 1. The third-order valence-corrected chi connectivity index (χ3v) is 9.73. The first-order valence-corrected chi connectivity index (χ1v) is 15.0. The molecule has 1 saturated carbocycles. The van der Waals surface area contributed by atoms with Crippen LogP contribution in [0.25, 0.3) is 5.65 Å². The summed E-state index contributed by atoms with van der Waals surface area (Å²) in [5.74, 6) is 0.472. The Morgan fingerprint density at radius 2 is 1.98 bits per heavy atom. The Morgan fingerprint density at radius 3 is 2.67 bits per heavy atom. The number of pyridine rings is 1. The number of aliphatic carboxylic acids is 1. The van der Waals surface area contributed by atoms with E-state index in [2.05, 4.69) is 44.1 Å². The molecule has 3 aliphatic rings. The molecule has 7 heteroatoms. The number of rotatable bonds is 10. The van der Waals surface area contributed by atoms with Gasteiger partial charge in [0, 0.05) is 49.6 Å². The second-order valence-electron chi connectivity index (χ2n) is 12.3. The Kier molecular flexibility index (Phi) is 8.03. The zero-order valence-electron chi connectivity index (χ0n) is 23.3. The van der Waals surface area contributed by atoms with Crippen LogP contribution in [-0.4, -0.2) is 69.0 Å². The first-order chi connectivity index (χ1) is 19.5. The minimum atomic E-state index is -0.712. The van der Waals surface area contributed by atoms with Gasteiger partial charge in [0.25, 0.3) is 0 Å². The number of nitrogens with zero attached hydrogens (tertiary/aromatic N) is 4. The molecular weight excluding hydrogens is 503 g/mol. The zero-order chi connectivity index (χ0) is 27.6. The molecule has 0 amide bonds. The van der Waals surface area contributed by atoms with E-state index in [0.29, 0.717) is 18.4 Å². The van der Waals surface area contributed by atoms with Crippen LogP contribution in [0.3, 0.4) is 0 Å². The Morgan fingerprint density at radius 1 is 1.15 bits per heavy atom. The van der Waals surface area contributed by atoms with Crippen molar-refractivity contribution in [3.63, 3.8) is 0 Å². The fourth-order valence-electron chi connectivity index (χ4n) is 7.29. The van der Waals surface area contributed by atoms with Crippen molar-refractivity contribution in [3.05, 3.63) is 84.1 Å². The Hall–Kier alpha value is -3.03. The predicted octanol–water partition coefficient (Wildman–Crippen LogP) is 5.74. The fraction of sp³-hybridized carbons (Fsp3) is 0.515. The van der Waals surface area contributed by atoms with Crippen LogP contribution >= 0.6 is 0 Å². The van der Waals surface area contributed by atoms with E-state index in [1.54, 1.807) is 12.1 Å². The van der Waals surface area contributed by atoms with Crippen LogP contribution in [0.15, 0.2) is 61.4 Å². The van der Waals surface area contributed by atoms with Crippen LogP contribution in [0.4, 0.5) is 4.39 Å². The smallest absolute Gasteiger partial charge is 0.320 e. The Labute approximate surface area is 236 Å². The van der Waals surface area contributed by atoms with Crippen LogP contribution in [0.2, 0.25) is 0 Å². The van der Waals surface area contributed by atoms with Crippen molar-refractivity contribution in [2.24, 2.45) is 11.8 Å².